The highest BCUT2D eigenvalue weighted by molar-refractivity contribution is 6.30. The maximum atomic E-state index is 5.94. The van der Waals surface area contributed by atoms with Gasteiger partial charge in [-0.3, -0.25) is 0 Å². The lowest BCUT2D eigenvalue weighted by atomic mass is 10.2. The molecule has 0 aromatic carbocycles. The van der Waals surface area contributed by atoms with Gasteiger partial charge >= 0.3 is 0 Å². The topological polar surface area (TPSA) is 25.8 Å². The third kappa shape index (κ3) is 1.31. The Morgan fingerprint density at radius 2 is 1.92 bits per heavy atom. The Kier molecular flexibility index (Phi) is 1.80. The number of nitrogens with zero attached hydrogens (tertiary/aromatic N) is 2. The molecular weight excluding hydrogens is 172 g/mol. The summed E-state index contributed by atoms with van der Waals surface area (Å²) in [6.45, 7) is 3.88. The minimum atomic E-state index is 0.615. The van der Waals surface area contributed by atoms with Crippen molar-refractivity contribution in [3.63, 3.8) is 0 Å². The molecule has 0 amide bonds. The summed E-state index contributed by atoms with van der Waals surface area (Å²) < 4.78 is 0. The first-order valence-electron chi connectivity index (χ1n) is 4.19. The highest BCUT2D eigenvalue weighted by Crippen LogP contribution is 2.41. The third-order valence-electron chi connectivity index (χ3n) is 2.20. The lowest BCUT2D eigenvalue weighted by Crippen LogP contribution is -1.98. The summed E-state index contributed by atoms with van der Waals surface area (Å²) in [4.78, 5) is 8.50. The van der Waals surface area contributed by atoms with Crippen LogP contribution in [0.4, 0.5) is 0 Å². The molecule has 0 bridgehead atoms. The molecule has 0 N–H and O–H groups in total. The fourth-order valence-corrected chi connectivity index (χ4v) is 1.59. The zero-order valence-electron chi connectivity index (χ0n) is 7.26. The molecule has 0 aliphatic heterocycles. The highest BCUT2D eigenvalue weighted by atomic mass is 35.5. The van der Waals surface area contributed by atoms with Crippen LogP contribution in [-0.2, 0) is 0 Å². The molecule has 1 aliphatic carbocycles. The van der Waals surface area contributed by atoms with Crippen LogP contribution in [0.15, 0.2) is 0 Å². The minimum absolute atomic E-state index is 0.615. The molecule has 0 radical (unpaired) electrons. The Labute approximate surface area is 77.0 Å². The van der Waals surface area contributed by atoms with Crippen LogP contribution in [0.1, 0.15) is 35.8 Å². The van der Waals surface area contributed by atoms with Gasteiger partial charge in [-0.15, -0.1) is 0 Å². The van der Waals surface area contributed by atoms with E-state index in [4.69, 9.17) is 11.6 Å². The monoisotopic (exact) mass is 182 g/mol. The molecule has 1 saturated carbocycles. The molecule has 1 aromatic heterocycles. The van der Waals surface area contributed by atoms with E-state index in [2.05, 4.69) is 9.97 Å². The van der Waals surface area contributed by atoms with Crippen LogP contribution < -0.4 is 0 Å². The number of hydrogen-bond donors (Lipinski definition) is 0. The standard InChI is InChI=1S/C9H11ClN2/c1-5-8(7-3-4-7)11-6(2)12-9(5)10/h7H,3-4H2,1-2H3. The highest BCUT2D eigenvalue weighted by Gasteiger charge is 2.27. The molecule has 2 rings (SSSR count). The van der Waals surface area contributed by atoms with Crippen molar-refractivity contribution in [3.8, 4) is 0 Å². The van der Waals surface area contributed by atoms with E-state index in [1.165, 1.54) is 12.8 Å². The Bertz CT molecular complexity index is 319. The minimum Gasteiger partial charge on any atom is -0.238 e. The van der Waals surface area contributed by atoms with Crippen LogP contribution in [-0.4, -0.2) is 9.97 Å². The van der Waals surface area contributed by atoms with Gasteiger partial charge in [0.15, 0.2) is 0 Å². The van der Waals surface area contributed by atoms with Gasteiger partial charge in [-0.05, 0) is 26.7 Å². The second-order valence-electron chi connectivity index (χ2n) is 3.35. The third-order valence-corrected chi connectivity index (χ3v) is 2.57. The fourth-order valence-electron chi connectivity index (χ4n) is 1.37. The number of aromatic nitrogens is 2. The summed E-state index contributed by atoms with van der Waals surface area (Å²) in [5, 5.41) is 0.615. The summed E-state index contributed by atoms with van der Waals surface area (Å²) in [5.41, 5.74) is 2.22. The second kappa shape index (κ2) is 2.70. The first kappa shape index (κ1) is 7.99. The molecule has 3 heteroatoms. The van der Waals surface area contributed by atoms with Crippen LogP contribution >= 0.6 is 11.6 Å². The van der Waals surface area contributed by atoms with Crippen molar-refractivity contribution < 1.29 is 0 Å². The number of rotatable bonds is 1. The molecule has 1 heterocycles. The Morgan fingerprint density at radius 1 is 1.25 bits per heavy atom. The normalized spacial score (nSPS) is 16.6. The first-order valence-corrected chi connectivity index (χ1v) is 4.57. The van der Waals surface area contributed by atoms with Crippen LogP contribution in [0.25, 0.3) is 0 Å². The van der Waals surface area contributed by atoms with Crippen molar-refractivity contribution in [2.45, 2.75) is 32.6 Å². The van der Waals surface area contributed by atoms with Gasteiger partial charge in [0.1, 0.15) is 11.0 Å². The summed E-state index contributed by atoms with van der Waals surface area (Å²) in [5.74, 6) is 1.44. The summed E-state index contributed by atoms with van der Waals surface area (Å²) in [6, 6.07) is 0. The van der Waals surface area contributed by atoms with Gasteiger partial charge in [0.05, 0.1) is 5.69 Å². The molecular formula is C9H11ClN2. The molecule has 1 aromatic rings. The van der Waals surface area contributed by atoms with Crippen molar-refractivity contribution in [2.75, 3.05) is 0 Å². The van der Waals surface area contributed by atoms with E-state index < -0.39 is 0 Å². The quantitative estimate of drug-likeness (QED) is 0.624. The maximum Gasteiger partial charge on any atom is 0.135 e. The van der Waals surface area contributed by atoms with Crippen LogP contribution in [0.2, 0.25) is 5.15 Å². The van der Waals surface area contributed by atoms with Gasteiger partial charge in [0.2, 0.25) is 0 Å². The smallest absolute Gasteiger partial charge is 0.135 e. The van der Waals surface area contributed by atoms with Crippen LogP contribution in [0.3, 0.4) is 0 Å². The summed E-state index contributed by atoms with van der Waals surface area (Å²) >= 11 is 5.94. The summed E-state index contributed by atoms with van der Waals surface area (Å²) in [7, 11) is 0. The lowest BCUT2D eigenvalue weighted by molar-refractivity contribution is 0.917. The van der Waals surface area contributed by atoms with E-state index in [0.29, 0.717) is 11.1 Å². The number of aryl methyl sites for hydroxylation is 1. The maximum absolute atomic E-state index is 5.94. The average Bonchev–Trinajstić information content (AvgIpc) is 2.79. The Morgan fingerprint density at radius 3 is 2.50 bits per heavy atom. The predicted molar refractivity (Wildman–Crippen MR) is 48.5 cm³/mol. The molecule has 64 valence electrons. The van der Waals surface area contributed by atoms with Crippen molar-refractivity contribution in [1.82, 2.24) is 9.97 Å². The Balaban J connectivity index is 2.51. The van der Waals surface area contributed by atoms with Gasteiger partial charge < -0.3 is 0 Å². The van der Waals surface area contributed by atoms with Gasteiger partial charge in [-0.1, -0.05) is 11.6 Å². The SMILES string of the molecule is Cc1nc(Cl)c(C)c(C2CC2)n1. The van der Waals surface area contributed by atoms with Crippen LogP contribution in [0.5, 0.6) is 0 Å². The van der Waals surface area contributed by atoms with E-state index in [9.17, 15) is 0 Å². The van der Waals surface area contributed by atoms with E-state index in [0.717, 1.165) is 17.1 Å². The number of hydrogen-bond acceptors (Lipinski definition) is 2. The molecule has 0 saturated heterocycles. The molecule has 2 nitrogen and oxygen atoms in total. The molecule has 0 unspecified atom stereocenters. The molecule has 0 atom stereocenters. The predicted octanol–water partition coefficient (Wildman–Crippen LogP) is 2.62. The average molecular weight is 183 g/mol. The van der Waals surface area contributed by atoms with Crippen molar-refractivity contribution in [2.24, 2.45) is 0 Å². The second-order valence-corrected chi connectivity index (χ2v) is 3.70. The van der Waals surface area contributed by atoms with Gasteiger partial charge in [0, 0.05) is 11.5 Å². The van der Waals surface area contributed by atoms with E-state index in [-0.39, 0.29) is 0 Å². The van der Waals surface area contributed by atoms with Crippen LogP contribution in [0, 0.1) is 13.8 Å². The fraction of sp³-hybridized carbons (Fsp3) is 0.556. The summed E-state index contributed by atoms with van der Waals surface area (Å²) in [6.07, 6.45) is 2.52. The largest absolute Gasteiger partial charge is 0.238 e. The Hall–Kier alpha value is -0.630. The first-order chi connectivity index (χ1) is 5.68. The zero-order valence-corrected chi connectivity index (χ0v) is 8.02. The van der Waals surface area contributed by atoms with E-state index in [1.54, 1.807) is 0 Å². The van der Waals surface area contributed by atoms with E-state index >= 15 is 0 Å². The van der Waals surface area contributed by atoms with Gasteiger partial charge in [0.25, 0.3) is 0 Å². The van der Waals surface area contributed by atoms with Crippen molar-refractivity contribution in [3.05, 3.63) is 22.2 Å². The number of halogens is 1. The molecule has 1 fully saturated rings. The lowest BCUT2D eigenvalue weighted by Gasteiger charge is -2.05. The molecule has 12 heavy (non-hydrogen) atoms. The molecule has 1 aliphatic rings. The van der Waals surface area contributed by atoms with E-state index in [1.807, 2.05) is 13.8 Å². The van der Waals surface area contributed by atoms with Gasteiger partial charge in [-0.25, -0.2) is 9.97 Å². The zero-order chi connectivity index (χ0) is 8.72. The van der Waals surface area contributed by atoms with Crippen molar-refractivity contribution in [1.29, 1.82) is 0 Å². The van der Waals surface area contributed by atoms with Crippen molar-refractivity contribution >= 4 is 11.6 Å². The molecule has 0 spiro atoms. The van der Waals surface area contributed by atoms with Gasteiger partial charge in [-0.2, -0.15) is 0 Å².